The summed E-state index contributed by atoms with van der Waals surface area (Å²) < 4.78 is 42.3. The summed E-state index contributed by atoms with van der Waals surface area (Å²) in [5.74, 6) is 0.674. The number of ketones is 1. The number of thiophene rings is 1. The van der Waals surface area contributed by atoms with Crippen molar-refractivity contribution in [2.45, 2.75) is 107 Å². The van der Waals surface area contributed by atoms with E-state index in [1.165, 1.54) is 24.0 Å². The number of carbonyl (C=O) groups is 1. The molecule has 0 atom stereocenters. The van der Waals surface area contributed by atoms with E-state index < -0.39 is 11.7 Å². The van der Waals surface area contributed by atoms with Crippen LogP contribution in [0.25, 0.3) is 42.3 Å². The maximum atomic E-state index is 13.4. The van der Waals surface area contributed by atoms with Crippen molar-refractivity contribution in [2.24, 2.45) is 17.3 Å². The summed E-state index contributed by atoms with van der Waals surface area (Å²) in [6, 6.07) is 15.6. The van der Waals surface area contributed by atoms with Crippen LogP contribution in [-0.2, 0) is 37.5 Å². The minimum atomic E-state index is -4.41. The van der Waals surface area contributed by atoms with Crippen molar-refractivity contribution in [3.63, 3.8) is 0 Å². The SMILES string of the molecule is CC(C)c1cc(-c2ncnc3c2sc2cc(CC(C)(C)C)ccc23)[c-]c2cc(C(F)(F)F)ccc12.CCC(CC)C(=O)/C=C(\O)C(CC)CC.[Ir]. The molecule has 0 aliphatic heterocycles. The number of hydrogen-bond donors (Lipinski definition) is 1. The number of allylic oxidation sites excluding steroid dienone is 2. The fraction of sp³-hybridized carbons (Fsp3) is 0.452. The summed E-state index contributed by atoms with van der Waals surface area (Å²) in [7, 11) is 0. The molecule has 0 saturated carbocycles. The maximum Gasteiger partial charge on any atom is 0.409 e. The largest absolute Gasteiger partial charge is 0.512 e. The van der Waals surface area contributed by atoms with Crippen LogP contribution < -0.4 is 0 Å². The van der Waals surface area contributed by atoms with Crippen molar-refractivity contribution in [1.82, 2.24) is 9.97 Å². The van der Waals surface area contributed by atoms with E-state index in [9.17, 15) is 23.1 Å². The van der Waals surface area contributed by atoms with Crippen molar-refractivity contribution in [3.05, 3.63) is 83.4 Å². The smallest absolute Gasteiger partial charge is 0.409 e. The van der Waals surface area contributed by atoms with E-state index >= 15 is 0 Å². The number of rotatable bonds is 10. The van der Waals surface area contributed by atoms with Crippen LogP contribution in [0.5, 0.6) is 0 Å². The monoisotopic (exact) mass is 896 g/mol. The van der Waals surface area contributed by atoms with Crippen LogP contribution in [0.15, 0.2) is 60.6 Å². The van der Waals surface area contributed by atoms with Gasteiger partial charge in [-0.2, -0.15) is 13.2 Å². The summed E-state index contributed by atoms with van der Waals surface area (Å²) in [5, 5.41) is 12.1. The average molecular weight is 896 g/mol. The van der Waals surface area contributed by atoms with Crippen LogP contribution in [0.2, 0.25) is 0 Å². The van der Waals surface area contributed by atoms with Gasteiger partial charge in [-0.05, 0) is 55.1 Å². The zero-order valence-electron chi connectivity index (χ0n) is 31.1. The molecule has 9 heteroatoms. The molecule has 0 amide bonds. The Morgan fingerprint density at radius 2 is 1.53 bits per heavy atom. The van der Waals surface area contributed by atoms with Gasteiger partial charge in [-0.1, -0.05) is 97.5 Å². The van der Waals surface area contributed by atoms with Crippen molar-refractivity contribution in [1.29, 1.82) is 0 Å². The Kier molecular flexibility index (Phi) is 14.6. The van der Waals surface area contributed by atoms with Crippen LogP contribution >= 0.6 is 11.3 Å². The fourth-order valence-electron chi connectivity index (χ4n) is 6.41. The summed E-state index contributed by atoms with van der Waals surface area (Å²) in [5.41, 5.74) is 4.00. The molecule has 0 bridgehead atoms. The molecule has 2 aromatic heterocycles. The maximum absolute atomic E-state index is 13.4. The zero-order valence-corrected chi connectivity index (χ0v) is 34.3. The van der Waals surface area contributed by atoms with Gasteiger partial charge in [-0.15, -0.1) is 40.5 Å². The van der Waals surface area contributed by atoms with Gasteiger partial charge in [0.05, 0.1) is 11.3 Å². The molecule has 0 spiro atoms. The predicted octanol–water partition coefficient (Wildman–Crippen LogP) is 13.1. The summed E-state index contributed by atoms with van der Waals surface area (Å²) in [4.78, 5) is 20.9. The number of hydrogen-bond acceptors (Lipinski definition) is 5. The van der Waals surface area contributed by atoms with Crippen LogP contribution in [0.3, 0.4) is 0 Å². The average Bonchev–Trinajstić information content (AvgIpc) is 3.42. The van der Waals surface area contributed by atoms with Gasteiger partial charge < -0.3 is 5.11 Å². The first-order chi connectivity index (χ1) is 23.5. The molecular formula is C42H50F3IrN2O2S-. The first-order valence-corrected chi connectivity index (χ1v) is 18.5. The van der Waals surface area contributed by atoms with E-state index in [-0.39, 0.29) is 54.8 Å². The number of benzene rings is 3. The third-order valence-corrected chi connectivity index (χ3v) is 10.4. The predicted molar refractivity (Wildman–Crippen MR) is 203 cm³/mol. The first kappa shape index (κ1) is 42.3. The molecular weight excluding hydrogens is 846 g/mol. The second-order valence-corrected chi connectivity index (χ2v) is 15.7. The molecule has 0 aliphatic rings. The standard InChI is InChI=1S/C29H26F3N2S.C13H24O2.Ir/c1-16(2)23-13-19(11-18-12-20(29(30,31)32)7-9-21(18)23)25-27-26(34-15-33-25)22-8-6-17(10-24(22)35-27)14-28(3,4)5;1-5-10(6-2)12(14)9-13(15)11(7-3)8-4;/h6-10,12-13,15-16H,14H2,1-5H3;9-11,14H,5-8H2,1-4H3;/q-1;;/b;12-9-;. The second kappa shape index (κ2) is 17.6. The van der Waals surface area contributed by atoms with E-state index in [1.54, 1.807) is 17.4 Å². The number of fused-ring (bicyclic) bond motifs is 4. The van der Waals surface area contributed by atoms with Gasteiger partial charge in [0.1, 0.15) is 6.33 Å². The number of carbonyl (C=O) groups excluding carboxylic acids is 1. The molecule has 1 radical (unpaired) electrons. The van der Waals surface area contributed by atoms with E-state index in [0.29, 0.717) is 16.6 Å². The van der Waals surface area contributed by atoms with Gasteiger partial charge in [0.15, 0.2) is 5.78 Å². The molecule has 3 aromatic carbocycles. The van der Waals surface area contributed by atoms with E-state index in [2.05, 4.69) is 55.0 Å². The van der Waals surface area contributed by atoms with Gasteiger partial charge in [-0.3, -0.25) is 9.78 Å². The van der Waals surface area contributed by atoms with Gasteiger partial charge in [0.25, 0.3) is 0 Å². The minimum absolute atomic E-state index is 0. The van der Waals surface area contributed by atoms with Gasteiger partial charge >= 0.3 is 6.18 Å². The number of aliphatic hydroxyl groups excluding tert-OH is 1. The Morgan fingerprint density at radius 1 is 0.902 bits per heavy atom. The molecule has 5 rings (SSSR count). The molecule has 0 fully saturated rings. The van der Waals surface area contributed by atoms with Crippen LogP contribution in [0.1, 0.15) is 111 Å². The third kappa shape index (κ3) is 10.3. The van der Waals surface area contributed by atoms with Crippen molar-refractivity contribution in [2.75, 3.05) is 0 Å². The third-order valence-electron chi connectivity index (χ3n) is 9.24. The Labute approximate surface area is 318 Å². The molecule has 4 nitrogen and oxygen atoms in total. The molecule has 0 saturated heterocycles. The van der Waals surface area contributed by atoms with Crippen LogP contribution in [0, 0.1) is 23.3 Å². The molecule has 1 N–H and O–H groups in total. The summed E-state index contributed by atoms with van der Waals surface area (Å²) >= 11 is 1.63. The Balaban J connectivity index is 0.000000374. The van der Waals surface area contributed by atoms with E-state index in [4.69, 9.17) is 0 Å². The second-order valence-electron chi connectivity index (χ2n) is 14.6. The van der Waals surface area contributed by atoms with Crippen molar-refractivity contribution < 1.29 is 43.2 Å². The number of aliphatic hydroxyl groups is 1. The quantitative estimate of drug-likeness (QED) is 0.0862. The minimum Gasteiger partial charge on any atom is -0.512 e. The fourth-order valence-corrected chi connectivity index (χ4v) is 7.63. The van der Waals surface area contributed by atoms with E-state index in [1.807, 2.05) is 47.6 Å². The number of aromatic nitrogens is 2. The summed E-state index contributed by atoms with van der Waals surface area (Å²) in [6.07, 6.45) is 3.00. The molecule has 277 valence electrons. The van der Waals surface area contributed by atoms with Gasteiger partial charge in [-0.25, -0.2) is 4.98 Å². The molecule has 0 unspecified atom stereocenters. The number of halogens is 3. The van der Waals surface area contributed by atoms with Crippen LogP contribution in [0.4, 0.5) is 13.2 Å². The molecule has 0 aliphatic carbocycles. The van der Waals surface area contributed by atoms with Gasteiger partial charge in [0, 0.05) is 64.1 Å². The number of alkyl halides is 3. The zero-order chi connectivity index (χ0) is 37.0. The molecule has 5 aromatic rings. The molecule has 2 heterocycles. The topological polar surface area (TPSA) is 63.1 Å². The van der Waals surface area contributed by atoms with Crippen LogP contribution in [-0.4, -0.2) is 20.9 Å². The van der Waals surface area contributed by atoms with Crippen molar-refractivity contribution in [3.8, 4) is 11.3 Å². The van der Waals surface area contributed by atoms with Crippen molar-refractivity contribution >= 4 is 48.2 Å². The van der Waals surface area contributed by atoms with E-state index in [0.717, 1.165) is 69.4 Å². The van der Waals surface area contributed by atoms with Gasteiger partial charge in [0.2, 0.25) is 0 Å². The summed E-state index contributed by atoms with van der Waals surface area (Å²) in [6.45, 7) is 18.8. The first-order valence-electron chi connectivity index (χ1n) is 17.7. The number of nitrogens with zero attached hydrogens (tertiary/aromatic N) is 2. The molecule has 51 heavy (non-hydrogen) atoms. The Hall–Kier alpha value is -3.13. The Bertz CT molecular complexity index is 1980. The Morgan fingerprint density at radius 3 is 2.10 bits per heavy atom. The normalized spacial score (nSPS) is 12.6.